The van der Waals surface area contributed by atoms with Crippen molar-refractivity contribution in [1.29, 1.82) is 0 Å². The van der Waals surface area contributed by atoms with Crippen molar-refractivity contribution in [3.8, 4) is 16.9 Å². The van der Waals surface area contributed by atoms with Crippen LogP contribution in [0.4, 0.5) is 0 Å². The standard InChI is InChI=1S/C38H58O/c1-6-32-28-36(24-25-37(32)39-27-26-38(7-2,8-3)9-4)35-22-20-34(21-23-35)33-18-16-31(17-19-33)15-14-30-12-10-29(5)11-13-30/h20-25,28-31,33H,6-19,26-27H2,1-5H3. The molecule has 2 aromatic rings. The van der Waals surface area contributed by atoms with Gasteiger partial charge in [-0.1, -0.05) is 123 Å². The van der Waals surface area contributed by atoms with Gasteiger partial charge in [0.25, 0.3) is 0 Å². The highest BCUT2D eigenvalue weighted by Gasteiger charge is 2.25. The zero-order chi connectivity index (χ0) is 27.7. The van der Waals surface area contributed by atoms with Crippen molar-refractivity contribution in [2.75, 3.05) is 6.61 Å². The van der Waals surface area contributed by atoms with E-state index in [0.29, 0.717) is 5.41 Å². The zero-order valence-electron chi connectivity index (χ0n) is 26.1. The van der Waals surface area contributed by atoms with Crippen molar-refractivity contribution in [2.24, 2.45) is 23.2 Å². The Kier molecular flexibility index (Phi) is 11.4. The van der Waals surface area contributed by atoms with Crippen molar-refractivity contribution >= 4 is 0 Å². The Bertz CT molecular complexity index is 960. The molecule has 0 heterocycles. The fraction of sp³-hybridized carbons (Fsp3) is 0.684. The zero-order valence-corrected chi connectivity index (χ0v) is 26.1. The van der Waals surface area contributed by atoms with Crippen molar-refractivity contribution in [1.82, 2.24) is 0 Å². The third kappa shape index (κ3) is 8.14. The van der Waals surface area contributed by atoms with Crippen LogP contribution in [0, 0.1) is 23.2 Å². The van der Waals surface area contributed by atoms with E-state index < -0.39 is 0 Å². The maximum absolute atomic E-state index is 6.34. The average Bonchev–Trinajstić information content (AvgIpc) is 3.00. The van der Waals surface area contributed by atoms with Crippen molar-refractivity contribution in [2.45, 2.75) is 137 Å². The summed E-state index contributed by atoms with van der Waals surface area (Å²) in [4.78, 5) is 0. The van der Waals surface area contributed by atoms with Crippen LogP contribution in [0.15, 0.2) is 42.5 Å². The second-order valence-corrected chi connectivity index (χ2v) is 13.4. The smallest absolute Gasteiger partial charge is 0.122 e. The minimum atomic E-state index is 0.432. The summed E-state index contributed by atoms with van der Waals surface area (Å²) in [6.45, 7) is 12.5. The number of aryl methyl sites for hydroxylation is 1. The summed E-state index contributed by atoms with van der Waals surface area (Å²) in [6.07, 6.45) is 20.4. The number of benzene rings is 2. The van der Waals surface area contributed by atoms with E-state index >= 15 is 0 Å². The molecule has 2 aliphatic carbocycles. The first kappa shape index (κ1) is 30.2. The lowest BCUT2D eigenvalue weighted by Crippen LogP contribution is -2.21. The van der Waals surface area contributed by atoms with Crippen LogP contribution in [0.5, 0.6) is 5.75 Å². The molecule has 39 heavy (non-hydrogen) atoms. The third-order valence-electron chi connectivity index (χ3n) is 11.3. The average molecular weight is 531 g/mol. The van der Waals surface area contributed by atoms with Gasteiger partial charge < -0.3 is 4.74 Å². The Morgan fingerprint density at radius 3 is 1.82 bits per heavy atom. The molecule has 2 saturated carbocycles. The molecule has 0 bridgehead atoms. The van der Waals surface area contributed by atoms with E-state index in [0.717, 1.165) is 48.9 Å². The van der Waals surface area contributed by atoms with Gasteiger partial charge in [-0.05, 0) is 102 Å². The highest BCUT2D eigenvalue weighted by Crippen LogP contribution is 2.40. The SMILES string of the molecule is CCc1cc(-c2ccc(C3CCC(CCC4CCC(C)CC4)CC3)cc2)ccc1OCCC(CC)(CC)CC. The van der Waals surface area contributed by atoms with Gasteiger partial charge in [0.15, 0.2) is 0 Å². The van der Waals surface area contributed by atoms with E-state index in [2.05, 4.69) is 77.1 Å². The highest BCUT2D eigenvalue weighted by atomic mass is 16.5. The van der Waals surface area contributed by atoms with E-state index in [9.17, 15) is 0 Å². The van der Waals surface area contributed by atoms with Crippen LogP contribution < -0.4 is 4.74 Å². The fourth-order valence-electron chi connectivity index (χ4n) is 7.66. The van der Waals surface area contributed by atoms with Crippen molar-refractivity contribution in [3.63, 3.8) is 0 Å². The Labute approximate surface area is 241 Å². The second-order valence-electron chi connectivity index (χ2n) is 13.4. The Hall–Kier alpha value is -1.76. The molecular weight excluding hydrogens is 472 g/mol. The lowest BCUT2D eigenvalue weighted by molar-refractivity contribution is 0.173. The summed E-state index contributed by atoms with van der Waals surface area (Å²) >= 11 is 0. The molecule has 4 rings (SSSR count). The lowest BCUT2D eigenvalue weighted by Gasteiger charge is -2.31. The van der Waals surface area contributed by atoms with E-state index in [1.807, 2.05) is 0 Å². The first-order valence-electron chi connectivity index (χ1n) is 16.8. The molecule has 0 atom stereocenters. The molecule has 0 saturated heterocycles. The normalized spacial score (nSPS) is 24.0. The van der Waals surface area contributed by atoms with Gasteiger partial charge in [-0.2, -0.15) is 0 Å². The van der Waals surface area contributed by atoms with Crippen molar-refractivity contribution < 1.29 is 4.74 Å². The van der Waals surface area contributed by atoms with Gasteiger partial charge in [-0.15, -0.1) is 0 Å². The molecule has 0 unspecified atom stereocenters. The maximum Gasteiger partial charge on any atom is 0.122 e. The van der Waals surface area contributed by atoms with Gasteiger partial charge in [-0.3, -0.25) is 0 Å². The first-order valence-corrected chi connectivity index (χ1v) is 16.8. The van der Waals surface area contributed by atoms with Gasteiger partial charge in [0.05, 0.1) is 6.61 Å². The molecule has 1 nitrogen and oxygen atoms in total. The molecule has 1 heteroatoms. The third-order valence-corrected chi connectivity index (χ3v) is 11.3. The molecule has 0 radical (unpaired) electrons. The summed E-state index contributed by atoms with van der Waals surface area (Å²) in [7, 11) is 0. The van der Waals surface area contributed by atoms with Gasteiger partial charge >= 0.3 is 0 Å². The van der Waals surface area contributed by atoms with Gasteiger partial charge in [0.2, 0.25) is 0 Å². The van der Waals surface area contributed by atoms with Gasteiger partial charge in [0, 0.05) is 0 Å². The summed E-state index contributed by atoms with van der Waals surface area (Å²) in [5, 5.41) is 0. The highest BCUT2D eigenvalue weighted by molar-refractivity contribution is 5.66. The number of ether oxygens (including phenoxy) is 1. The number of rotatable bonds is 13. The molecule has 2 fully saturated rings. The van der Waals surface area contributed by atoms with Crippen LogP contribution >= 0.6 is 0 Å². The predicted octanol–water partition coefficient (Wildman–Crippen LogP) is 11.8. The van der Waals surface area contributed by atoms with Crippen LogP contribution in [0.1, 0.15) is 142 Å². The Balaban J connectivity index is 1.27. The second kappa shape index (κ2) is 14.7. The molecule has 0 aromatic heterocycles. The van der Waals surface area contributed by atoms with E-state index in [4.69, 9.17) is 4.74 Å². The van der Waals surface area contributed by atoms with E-state index in [1.54, 1.807) is 5.56 Å². The quantitative estimate of drug-likeness (QED) is 0.250. The van der Waals surface area contributed by atoms with E-state index in [1.165, 1.54) is 100 Å². The molecule has 0 N–H and O–H groups in total. The van der Waals surface area contributed by atoms with E-state index in [-0.39, 0.29) is 0 Å². The minimum absolute atomic E-state index is 0.432. The van der Waals surface area contributed by atoms with Crippen LogP contribution in [-0.2, 0) is 6.42 Å². The summed E-state index contributed by atoms with van der Waals surface area (Å²) in [5.41, 5.74) is 5.96. The molecule has 0 amide bonds. The minimum Gasteiger partial charge on any atom is -0.493 e. The molecule has 0 aliphatic heterocycles. The van der Waals surface area contributed by atoms with Crippen LogP contribution in [0.3, 0.4) is 0 Å². The maximum atomic E-state index is 6.34. The first-order chi connectivity index (χ1) is 19.0. The van der Waals surface area contributed by atoms with Crippen LogP contribution in [-0.4, -0.2) is 6.61 Å². The van der Waals surface area contributed by atoms with Gasteiger partial charge in [0.1, 0.15) is 5.75 Å². The molecule has 2 aromatic carbocycles. The predicted molar refractivity (Wildman–Crippen MR) is 170 cm³/mol. The lowest BCUT2D eigenvalue weighted by atomic mass is 9.74. The fourth-order valence-corrected chi connectivity index (χ4v) is 7.66. The summed E-state index contributed by atoms with van der Waals surface area (Å²) < 4.78 is 6.34. The van der Waals surface area contributed by atoms with Crippen LogP contribution in [0.2, 0.25) is 0 Å². The molecule has 216 valence electrons. The van der Waals surface area contributed by atoms with Crippen LogP contribution in [0.25, 0.3) is 11.1 Å². The topological polar surface area (TPSA) is 9.23 Å². The molecule has 0 spiro atoms. The van der Waals surface area contributed by atoms with Gasteiger partial charge in [-0.25, -0.2) is 0 Å². The largest absolute Gasteiger partial charge is 0.493 e. The summed E-state index contributed by atoms with van der Waals surface area (Å²) in [6, 6.07) is 16.4. The summed E-state index contributed by atoms with van der Waals surface area (Å²) in [5.74, 6) is 4.82. The number of hydrogen-bond acceptors (Lipinski definition) is 1. The Morgan fingerprint density at radius 1 is 0.692 bits per heavy atom. The number of hydrogen-bond donors (Lipinski definition) is 0. The molecule has 2 aliphatic rings. The monoisotopic (exact) mass is 530 g/mol. The Morgan fingerprint density at radius 2 is 1.26 bits per heavy atom. The molecular formula is C38H58O. The van der Waals surface area contributed by atoms with Crippen molar-refractivity contribution in [3.05, 3.63) is 53.6 Å².